The molecule has 0 radical (unpaired) electrons. The summed E-state index contributed by atoms with van der Waals surface area (Å²) in [6.45, 7) is 2.30. The summed E-state index contributed by atoms with van der Waals surface area (Å²) in [7, 11) is 0. The standard InChI is InChI=1S/C21H19N5O2/c1-2-25(16-11-7-4-8-12-16)18(27)14-26-20-17(23-21(26)28)13-22-19(24-20)15-9-5-3-6-10-15/h3-13H,2,14H2,1H3,(H,23,28). The van der Waals surface area contributed by atoms with Gasteiger partial charge in [0, 0.05) is 17.8 Å². The predicted molar refractivity (Wildman–Crippen MR) is 108 cm³/mol. The zero-order valence-electron chi connectivity index (χ0n) is 15.4. The van der Waals surface area contributed by atoms with E-state index in [0.717, 1.165) is 11.3 Å². The minimum Gasteiger partial charge on any atom is -0.311 e. The number of aromatic amines is 1. The summed E-state index contributed by atoms with van der Waals surface area (Å²) < 4.78 is 1.36. The number of nitrogens with one attached hydrogen (secondary N) is 1. The van der Waals surface area contributed by atoms with Gasteiger partial charge in [-0.3, -0.25) is 9.36 Å². The lowest BCUT2D eigenvalue weighted by atomic mass is 10.2. The van der Waals surface area contributed by atoms with E-state index in [0.29, 0.717) is 23.5 Å². The van der Waals surface area contributed by atoms with Crippen molar-refractivity contribution in [3.63, 3.8) is 0 Å². The summed E-state index contributed by atoms with van der Waals surface area (Å²) in [6.07, 6.45) is 1.57. The normalized spacial score (nSPS) is 10.9. The van der Waals surface area contributed by atoms with Crippen LogP contribution in [0.4, 0.5) is 5.69 Å². The highest BCUT2D eigenvalue weighted by atomic mass is 16.2. The molecule has 2 heterocycles. The summed E-state index contributed by atoms with van der Waals surface area (Å²) in [6, 6.07) is 18.9. The van der Waals surface area contributed by atoms with Crippen LogP contribution in [0.15, 0.2) is 71.7 Å². The number of hydrogen-bond acceptors (Lipinski definition) is 4. The van der Waals surface area contributed by atoms with Crippen LogP contribution in [0.1, 0.15) is 6.92 Å². The van der Waals surface area contributed by atoms with Gasteiger partial charge in [0.25, 0.3) is 0 Å². The molecule has 0 saturated heterocycles. The Morgan fingerprint density at radius 1 is 1.07 bits per heavy atom. The fourth-order valence-corrected chi connectivity index (χ4v) is 3.15. The third-order valence-corrected chi connectivity index (χ3v) is 4.52. The van der Waals surface area contributed by atoms with Crippen LogP contribution in [-0.2, 0) is 11.3 Å². The minimum absolute atomic E-state index is 0.104. The average molecular weight is 373 g/mol. The molecule has 0 aliphatic heterocycles. The molecule has 7 nitrogen and oxygen atoms in total. The Balaban J connectivity index is 1.71. The van der Waals surface area contributed by atoms with Gasteiger partial charge in [-0.15, -0.1) is 0 Å². The number of anilines is 1. The molecule has 0 fully saturated rings. The van der Waals surface area contributed by atoms with E-state index in [4.69, 9.17) is 0 Å². The first kappa shape index (κ1) is 17.7. The number of imidazole rings is 1. The van der Waals surface area contributed by atoms with Crippen molar-refractivity contribution in [2.24, 2.45) is 0 Å². The van der Waals surface area contributed by atoms with E-state index in [-0.39, 0.29) is 18.1 Å². The Morgan fingerprint density at radius 2 is 1.75 bits per heavy atom. The highest BCUT2D eigenvalue weighted by Gasteiger charge is 2.18. The number of para-hydroxylation sites is 1. The Kier molecular flexibility index (Phi) is 4.72. The monoisotopic (exact) mass is 373 g/mol. The molecule has 1 amide bonds. The first-order valence-corrected chi connectivity index (χ1v) is 9.03. The SMILES string of the molecule is CCN(C(=O)Cn1c(=O)[nH]c2cnc(-c3ccccc3)nc21)c1ccccc1. The number of hydrogen-bond donors (Lipinski definition) is 1. The fourth-order valence-electron chi connectivity index (χ4n) is 3.15. The Hall–Kier alpha value is -3.74. The van der Waals surface area contributed by atoms with Crippen LogP contribution in [0, 0.1) is 0 Å². The van der Waals surface area contributed by atoms with Crippen LogP contribution in [0.5, 0.6) is 0 Å². The summed E-state index contributed by atoms with van der Waals surface area (Å²) in [5.41, 5.74) is 2.17. The van der Waals surface area contributed by atoms with Gasteiger partial charge in [-0.2, -0.15) is 0 Å². The molecule has 0 saturated carbocycles. The van der Waals surface area contributed by atoms with E-state index in [1.165, 1.54) is 4.57 Å². The van der Waals surface area contributed by atoms with Crippen molar-refractivity contribution in [3.05, 3.63) is 77.3 Å². The molecule has 2 aromatic carbocycles. The van der Waals surface area contributed by atoms with Crippen molar-refractivity contribution in [2.75, 3.05) is 11.4 Å². The molecule has 7 heteroatoms. The second-order valence-corrected chi connectivity index (χ2v) is 6.29. The van der Waals surface area contributed by atoms with Gasteiger partial charge < -0.3 is 9.88 Å². The molecule has 28 heavy (non-hydrogen) atoms. The number of aromatic nitrogens is 4. The van der Waals surface area contributed by atoms with Crippen molar-refractivity contribution < 1.29 is 4.79 Å². The fraction of sp³-hybridized carbons (Fsp3) is 0.143. The number of amides is 1. The molecule has 4 rings (SSSR count). The topological polar surface area (TPSA) is 83.9 Å². The minimum atomic E-state index is -0.382. The molecule has 0 aliphatic carbocycles. The number of carbonyl (C=O) groups excluding carboxylic acids is 1. The maximum Gasteiger partial charge on any atom is 0.328 e. The van der Waals surface area contributed by atoms with Crippen LogP contribution in [0.3, 0.4) is 0 Å². The van der Waals surface area contributed by atoms with E-state index in [1.807, 2.05) is 67.6 Å². The van der Waals surface area contributed by atoms with Gasteiger partial charge >= 0.3 is 5.69 Å². The summed E-state index contributed by atoms with van der Waals surface area (Å²) in [4.78, 5) is 38.5. The molecule has 0 spiro atoms. The molecule has 0 atom stereocenters. The summed E-state index contributed by atoms with van der Waals surface area (Å²) in [5.74, 6) is 0.320. The van der Waals surface area contributed by atoms with Crippen LogP contribution in [0.25, 0.3) is 22.6 Å². The third-order valence-electron chi connectivity index (χ3n) is 4.52. The van der Waals surface area contributed by atoms with E-state index >= 15 is 0 Å². The Labute approximate surface area is 161 Å². The van der Waals surface area contributed by atoms with Crippen molar-refractivity contribution in [2.45, 2.75) is 13.5 Å². The van der Waals surface area contributed by atoms with Crippen LogP contribution in [-0.4, -0.2) is 32.0 Å². The van der Waals surface area contributed by atoms with Gasteiger partial charge in [0.2, 0.25) is 5.91 Å². The predicted octanol–water partition coefficient (Wildman–Crippen LogP) is 2.84. The van der Waals surface area contributed by atoms with E-state index in [2.05, 4.69) is 15.0 Å². The van der Waals surface area contributed by atoms with Crippen molar-refractivity contribution in [3.8, 4) is 11.4 Å². The quantitative estimate of drug-likeness (QED) is 0.583. The molecule has 140 valence electrons. The average Bonchev–Trinajstić information content (AvgIpc) is 3.04. The van der Waals surface area contributed by atoms with Crippen molar-refractivity contribution in [1.29, 1.82) is 0 Å². The highest BCUT2D eigenvalue weighted by Crippen LogP contribution is 2.17. The van der Waals surface area contributed by atoms with Crippen LogP contribution >= 0.6 is 0 Å². The lowest BCUT2D eigenvalue weighted by Gasteiger charge is -2.21. The summed E-state index contributed by atoms with van der Waals surface area (Å²) >= 11 is 0. The molecule has 0 unspecified atom stereocenters. The lowest BCUT2D eigenvalue weighted by Crippen LogP contribution is -2.36. The van der Waals surface area contributed by atoms with Crippen molar-refractivity contribution in [1.82, 2.24) is 19.5 Å². The lowest BCUT2D eigenvalue weighted by molar-refractivity contribution is -0.119. The zero-order valence-corrected chi connectivity index (χ0v) is 15.4. The molecule has 0 bridgehead atoms. The number of H-pyrrole nitrogens is 1. The first-order valence-electron chi connectivity index (χ1n) is 9.03. The third kappa shape index (κ3) is 3.29. The van der Waals surface area contributed by atoms with E-state index < -0.39 is 0 Å². The largest absolute Gasteiger partial charge is 0.328 e. The van der Waals surface area contributed by atoms with E-state index in [9.17, 15) is 9.59 Å². The number of rotatable bonds is 5. The number of likely N-dealkylation sites (N-methyl/N-ethyl adjacent to an activating group) is 1. The number of fused-ring (bicyclic) bond motifs is 1. The number of benzene rings is 2. The molecule has 2 aromatic heterocycles. The zero-order chi connectivity index (χ0) is 19.5. The summed E-state index contributed by atoms with van der Waals surface area (Å²) in [5, 5.41) is 0. The van der Waals surface area contributed by atoms with E-state index in [1.54, 1.807) is 11.1 Å². The smallest absolute Gasteiger partial charge is 0.311 e. The Bertz CT molecular complexity index is 1170. The second-order valence-electron chi connectivity index (χ2n) is 6.29. The van der Waals surface area contributed by atoms with Gasteiger partial charge in [-0.05, 0) is 19.1 Å². The maximum atomic E-state index is 12.9. The molecule has 0 aliphatic rings. The van der Waals surface area contributed by atoms with Gasteiger partial charge in [0.05, 0.1) is 6.20 Å². The molecular weight excluding hydrogens is 354 g/mol. The number of nitrogens with zero attached hydrogens (tertiary/aromatic N) is 4. The first-order chi connectivity index (χ1) is 13.7. The van der Waals surface area contributed by atoms with Gasteiger partial charge in [0.15, 0.2) is 11.5 Å². The molecule has 1 N–H and O–H groups in total. The van der Waals surface area contributed by atoms with Gasteiger partial charge in [-0.1, -0.05) is 48.5 Å². The maximum absolute atomic E-state index is 12.9. The second kappa shape index (κ2) is 7.48. The van der Waals surface area contributed by atoms with Crippen LogP contribution in [0.2, 0.25) is 0 Å². The van der Waals surface area contributed by atoms with Gasteiger partial charge in [-0.25, -0.2) is 14.8 Å². The molecule has 4 aromatic rings. The van der Waals surface area contributed by atoms with Gasteiger partial charge in [0.1, 0.15) is 12.1 Å². The molecular formula is C21H19N5O2. The Morgan fingerprint density at radius 3 is 2.43 bits per heavy atom. The number of carbonyl (C=O) groups is 1. The van der Waals surface area contributed by atoms with Crippen LogP contribution < -0.4 is 10.6 Å². The van der Waals surface area contributed by atoms with Crippen molar-refractivity contribution >= 4 is 22.8 Å². The highest BCUT2D eigenvalue weighted by molar-refractivity contribution is 5.93.